The van der Waals surface area contributed by atoms with Crippen LogP contribution >= 0.6 is 0 Å². The van der Waals surface area contributed by atoms with Crippen LogP contribution in [0.25, 0.3) is 33.0 Å². The quantitative estimate of drug-likeness (QED) is 0.285. The minimum Gasteiger partial charge on any atom is -0.429 e. The van der Waals surface area contributed by atoms with Gasteiger partial charge in [-0.1, -0.05) is 74.0 Å². The van der Waals surface area contributed by atoms with Gasteiger partial charge in [0.05, 0.1) is 0 Å². The second-order valence-electron chi connectivity index (χ2n) is 7.34. The molecule has 0 spiro atoms. The Hall–Kier alpha value is -3.34. The normalized spacial score (nSPS) is 11.3. The van der Waals surface area contributed by atoms with Crippen molar-refractivity contribution in [2.24, 2.45) is 0 Å². The van der Waals surface area contributed by atoms with Gasteiger partial charge in [-0.2, -0.15) is 8.78 Å². The van der Waals surface area contributed by atoms with E-state index in [1.165, 1.54) is 11.6 Å². The van der Waals surface area contributed by atoms with Gasteiger partial charge in [0.25, 0.3) is 0 Å². The van der Waals surface area contributed by atoms with Crippen LogP contribution in [-0.4, -0.2) is 6.61 Å². The summed E-state index contributed by atoms with van der Waals surface area (Å²) in [4.78, 5) is 0. The predicted octanol–water partition coefficient (Wildman–Crippen LogP) is 8.01. The molecule has 0 amide bonds. The first kappa shape index (κ1) is 20.9. The lowest BCUT2D eigenvalue weighted by Crippen LogP contribution is -2.06. The molecule has 1 nitrogen and oxygen atoms in total. The van der Waals surface area contributed by atoms with Crippen molar-refractivity contribution in [1.82, 2.24) is 0 Å². The van der Waals surface area contributed by atoms with E-state index in [-0.39, 0.29) is 10.8 Å². The largest absolute Gasteiger partial charge is 0.429 e. The van der Waals surface area contributed by atoms with Gasteiger partial charge in [-0.15, -0.1) is 0 Å². The molecule has 4 aromatic rings. The lowest BCUT2D eigenvalue weighted by atomic mass is 9.97. The number of hydrogen-bond donors (Lipinski definition) is 0. The topological polar surface area (TPSA) is 9.23 Å². The van der Waals surface area contributed by atoms with E-state index >= 15 is 0 Å². The summed E-state index contributed by atoms with van der Waals surface area (Å²) in [7, 11) is 0. The molecule has 0 unspecified atom stereocenters. The molecular formula is C26H20F4O. The van der Waals surface area contributed by atoms with Gasteiger partial charge in [-0.3, -0.25) is 0 Å². The number of aryl methyl sites for hydroxylation is 1. The number of halogens is 4. The molecule has 0 fully saturated rings. The molecule has 0 heterocycles. The van der Waals surface area contributed by atoms with Gasteiger partial charge < -0.3 is 4.74 Å². The Kier molecular flexibility index (Phi) is 5.94. The molecule has 0 N–H and O–H groups in total. The second-order valence-corrected chi connectivity index (χ2v) is 7.34. The molecule has 0 atom stereocenters. The Morgan fingerprint density at radius 3 is 1.87 bits per heavy atom. The fourth-order valence-electron chi connectivity index (χ4n) is 3.70. The van der Waals surface area contributed by atoms with Crippen LogP contribution in [0.5, 0.6) is 5.75 Å². The first-order valence-electron chi connectivity index (χ1n) is 10.0. The predicted molar refractivity (Wildman–Crippen MR) is 115 cm³/mol. The summed E-state index contributed by atoms with van der Waals surface area (Å²) < 4.78 is 57.4. The molecule has 0 aliphatic heterocycles. The van der Waals surface area contributed by atoms with Crippen LogP contribution in [-0.2, 0) is 6.42 Å². The van der Waals surface area contributed by atoms with Crippen LogP contribution in [0, 0.1) is 11.6 Å². The SMILES string of the molecule is CCCc1ccc(-c2ccc(-c3ccc4c(F)c(OC(F)F)c(F)cc4c3)cc2)cc1. The van der Waals surface area contributed by atoms with E-state index in [0.29, 0.717) is 0 Å². The summed E-state index contributed by atoms with van der Waals surface area (Å²) in [6, 6.07) is 22.1. The Bertz CT molecular complexity index is 1200. The Labute approximate surface area is 177 Å². The first-order chi connectivity index (χ1) is 15.0. The minimum atomic E-state index is -3.30. The third kappa shape index (κ3) is 4.41. The molecule has 0 saturated carbocycles. The van der Waals surface area contributed by atoms with Crippen molar-refractivity contribution in [2.75, 3.05) is 0 Å². The lowest BCUT2D eigenvalue weighted by molar-refractivity contribution is -0.0544. The van der Waals surface area contributed by atoms with Gasteiger partial charge >= 0.3 is 6.61 Å². The van der Waals surface area contributed by atoms with Crippen molar-refractivity contribution < 1.29 is 22.3 Å². The molecule has 0 aliphatic rings. The molecule has 0 saturated heterocycles. The van der Waals surface area contributed by atoms with Crippen molar-refractivity contribution >= 4 is 10.8 Å². The molecular weight excluding hydrogens is 404 g/mol. The van der Waals surface area contributed by atoms with Crippen LogP contribution in [0.2, 0.25) is 0 Å². The van der Waals surface area contributed by atoms with Crippen molar-refractivity contribution in [3.8, 4) is 28.0 Å². The molecule has 0 bridgehead atoms. The van der Waals surface area contributed by atoms with Gasteiger partial charge in [0, 0.05) is 5.39 Å². The van der Waals surface area contributed by atoms with Crippen molar-refractivity contribution in [1.29, 1.82) is 0 Å². The van der Waals surface area contributed by atoms with E-state index in [1.54, 1.807) is 12.1 Å². The highest BCUT2D eigenvalue weighted by Crippen LogP contribution is 2.34. The summed E-state index contributed by atoms with van der Waals surface area (Å²) in [5.74, 6) is -3.36. The fourth-order valence-corrected chi connectivity index (χ4v) is 3.70. The van der Waals surface area contributed by atoms with E-state index in [2.05, 4.69) is 35.9 Å². The summed E-state index contributed by atoms with van der Waals surface area (Å²) in [6.45, 7) is -1.15. The molecule has 4 rings (SSSR count). The maximum atomic E-state index is 14.4. The first-order valence-corrected chi connectivity index (χ1v) is 10.0. The zero-order chi connectivity index (χ0) is 22.0. The molecule has 5 heteroatoms. The summed E-state index contributed by atoms with van der Waals surface area (Å²) >= 11 is 0. The monoisotopic (exact) mass is 424 g/mol. The molecule has 31 heavy (non-hydrogen) atoms. The van der Waals surface area contributed by atoms with Crippen LogP contribution in [0.15, 0.2) is 72.8 Å². The zero-order valence-electron chi connectivity index (χ0n) is 16.8. The highest BCUT2D eigenvalue weighted by molar-refractivity contribution is 5.89. The molecule has 0 aliphatic carbocycles. The van der Waals surface area contributed by atoms with E-state index in [1.807, 2.05) is 24.3 Å². The second kappa shape index (κ2) is 8.80. The number of benzene rings is 4. The molecule has 158 valence electrons. The van der Waals surface area contributed by atoms with Crippen molar-refractivity contribution in [2.45, 2.75) is 26.4 Å². The Morgan fingerprint density at radius 1 is 0.742 bits per heavy atom. The maximum Gasteiger partial charge on any atom is 0.387 e. The Morgan fingerprint density at radius 2 is 1.29 bits per heavy atom. The molecule has 4 aromatic carbocycles. The average Bonchev–Trinajstić information content (AvgIpc) is 2.77. The van der Waals surface area contributed by atoms with Crippen LogP contribution in [0.1, 0.15) is 18.9 Å². The molecule has 0 radical (unpaired) electrons. The summed E-state index contributed by atoms with van der Waals surface area (Å²) in [5.41, 5.74) is 5.13. The van der Waals surface area contributed by atoms with Crippen LogP contribution in [0.3, 0.4) is 0 Å². The zero-order valence-corrected chi connectivity index (χ0v) is 16.8. The number of rotatable bonds is 6. The lowest BCUT2D eigenvalue weighted by Gasteiger charge is -2.11. The standard InChI is InChI=1S/C26H20F4O/c1-2-3-16-4-6-17(7-5-16)18-8-10-19(11-9-18)20-12-13-22-21(14-20)15-23(27)25(24(22)28)31-26(29)30/h4-15,26H,2-3H2,1H3. The van der Waals surface area contributed by atoms with Crippen molar-refractivity contribution in [3.05, 3.63) is 90.0 Å². The van der Waals surface area contributed by atoms with Crippen LogP contribution in [0.4, 0.5) is 17.6 Å². The smallest absolute Gasteiger partial charge is 0.387 e. The minimum absolute atomic E-state index is 0.0181. The number of fused-ring (bicyclic) bond motifs is 1. The fraction of sp³-hybridized carbons (Fsp3) is 0.154. The van der Waals surface area contributed by atoms with E-state index < -0.39 is 24.0 Å². The van der Waals surface area contributed by atoms with Gasteiger partial charge in [-0.05, 0) is 51.8 Å². The highest BCUT2D eigenvalue weighted by Gasteiger charge is 2.19. The van der Waals surface area contributed by atoms with Gasteiger partial charge in [0.1, 0.15) is 0 Å². The molecule has 0 aromatic heterocycles. The third-order valence-corrected chi connectivity index (χ3v) is 5.24. The van der Waals surface area contributed by atoms with Crippen molar-refractivity contribution in [3.63, 3.8) is 0 Å². The number of ether oxygens (including phenoxy) is 1. The number of alkyl halides is 2. The third-order valence-electron chi connectivity index (χ3n) is 5.24. The Balaban J connectivity index is 1.64. The average molecular weight is 424 g/mol. The van der Waals surface area contributed by atoms with E-state index in [9.17, 15) is 17.6 Å². The summed E-state index contributed by atoms with van der Waals surface area (Å²) in [6.07, 6.45) is 2.16. The maximum absolute atomic E-state index is 14.4. The van der Waals surface area contributed by atoms with E-state index in [0.717, 1.165) is 41.2 Å². The summed E-state index contributed by atoms with van der Waals surface area (Å²) in [5, 5.41) is 0.286. The van der Waals surface area contributed by atoms with Gasteiger partial charge in [-0.25, -0.2) is 8.78 Å². The van der Waals surface area contributed by atoms with E-state index in [4.69, 9.17) is 0 Å². The number of hydrogen-bond acceptors (Lipinski definition) is 1. The van der Waals surface area contributed by atoms with Gasteiger partial charge in [0.2, 0.25) is 0 Å². The highest BCUT2D eigenvalue weighted by atomic mass is 19.3. The van der Waals surface area contributed by atoms with Gasteiger partial charge in [0.15, 0.2) is 17.4 Å². The van der Waals surface area contributed by atoms with Crippen LogP contribution < -0.4 is 4.74 Å².